The zero-order chi connectivity index (χ0) is 19.2. The predicted octanol–water partition coefficient (Wildman–Crippen LogP) is 3.80. The van der Waals surface area contributed by atoms with Gasteiger partial charge in [-0.3, -0.25) is 15.1 Å². The van der Waals surface area contributed by atoms with Crippen molar-refractivity contribution in [3.63, 3.8) is 0 Å². The Morgan fingerprint density at radius 3 is 2.57 bits per heavy atom. The molecule has 0 bridgehead atoms. The summed E-state index contributed by atoms with van der Waals surface area (Å²) in [4.78, 5) is 8.96. The fourth-order valence-corrected chi connectivity index (χ4v) is 2.96. The lowest BCUT2D eigenvalue weighted by Gasteiger charge is -2.08. The van der Waals surface area contributed by atoms with Gasteiger partial charge in [0.15, 0.2) is 0 Å². The summed E-state index contributed by atoms with van der Waals surface area (Å²) in [5, 5.41) is 10.4. The molecular formula is C22H21N5O. The second kappa shape index (κ2) is 8.45. The molecule has 0 fully saturated rings. The van der Waals surface area contributed by atoms with E-state index in [1.165, 1.54) is 0 Å². The van der Waals surface area contributed by atoms with Crippen LogP contribution in [0, 0.1) is 0 Å². The topological polar surface area (TPSA) is 75.7 Å². The number of ether oxygens (including phenoxy) is 1. The molecule has 0 saturated carbocycles. The Bertz CT molecular complexity index is 1030. The van der Waals surface area contributed by atoms with Crippen molar-refractivity contribution < 1.29 is 4.74 Å². The summed E-state index contributed by atoms with van der Waals surface area (Å²) in [6, 6.07) is 17.8. The van der Waals surface area contributed by atoms with Crippen LogP contribution in [0.3, 0.4) is 0 Å². The van der Waals surface area contributed by atoms with E-state index in [0.29, 0.717) is 6.61 Å². The van der Waals surface area contributed by atoms with Crippen molar-refractivity contribution in [2.75, 3.05) is 20.2 Å². The highest BCUT2D eigenvalue weighted by molar-refractivity contribution is 5.80. The van der Waals surface area contributed by atoms with E-state index >= 15 is 0 Å². The van der Waals surface area contributed by atoms with E-state index in [2.05, 4.69) is 31.5 Å². The van der Waals surface area contributed by atoms with Crippen molar-refractivity contribution in [3.05, 3.63) is 73.2 Å². The number of rotatable bonds is 7. The van der Waals surface area contributed by atoms with Gasteiger partial charge in [-0.1, -0.05) is 6.07 Å². The Hall–Kier alpha value is -3.51. The van der Waals surface area contributed by atoms with Crippen LogP contribution in [0.2, 0.25) is 0 Å². The number of hydrogen-bond acceptors (Lipinski definition) is 5. The molecule has 6 nitrogen and oxygen atoms in total. The molecule has 4 rings (SSSR count). The Balaban J connectivity index is 1.60. The Labute approximate surface area is 163 Å². The lowest BCUT2D eigenvalue weighted by Crippen LogP contribution is -2.15. The third-order valence-corrected chi connectivity index (χ3v) is 4.40. The fourth-order valence-electron chi connectivity index (χ4n) is 2.96. The normalized spacial score (nSPS) is 10.8. The van der Waals surface area contributed by atoms with Gasteiger partial charge in [-0.25, -0.2) is 0 Å². The first-order valence-corrected chi connectivity index (χ1v) is 9.14. The van der Waals surface area contributed by atoms with Crippen molar-refractivity contribution >= 4 is 0 Å². The molecular weight excluding hydrogens is 350 g/mol. The van der Waals surface area contributed by atoms with E-state index < -0.39 is 0 Å². The molecule has 0 spiro atoms. The maximum absolute atomic E-state index is 5.68. The van der Waals surface area contributed by atoms with Crippen LogP contribution >= 0.6 is 0 Å². The minimum atomic E-state index is 0.639. The summed E-state index contributed by atoms with van der Waals surface area (Å²) in [7, 11) is 1.91. The van der Waals surface area contributed by atoms with Crippen LogP contribution in [0.25, 0.3) is 33.8 Å². The largest absolute Gasteiger partial charge is 0.492 e. The molecule has 1 aromatic carbocycles. The third-order valence-electron chi connectivity index (χ3n) is 4.40. The second-order valence-electron chi connectivity index (χ2n) is 6.28. The third kappa shape index (κ3) is 3.92. The van der Waals surface area contributed by atoms with Gasteiger partial charge < -0.3 is 10.1 Å². The van der Waals surface area contributed by atoms with E-state index in [1.807, 2.05) is 61.8 Å². The molecule has 0 aliphatic heterocycles. The lowest BCUT2D eigenvalue weighted by atomic mass is 10.0. The quantitative estimate of drug-likeness (QED) is 0.483. The molecule has 0 saturated heterocycles. The highest BCUT2D eigenvalue weighted by atomic mass is 16.5. The van der Waals surface area contributed by atoms with Crippen LogP contribution in [-0.4, -0.2) is 40.4 Å². The van der Waals surface area contributed by atoms with E-state index in [1.54, 1.807) is 12.4 Å². The van der Waals surface area contributed by atoms with Gasteiger partial charge in [0.05, 0.1) is 23.3 Å². The first-order chi connectivity index (χ1) is 13.8. The number of pyridine rings is 2. The van der Waals surface area contributed by atoms with Crippen LogP contribution in [0.5, 0.6) is 5.75 Å². The first kappa shape index (κ1) is 17.9. The fraction of sp³-hybridized carbons (Fsp3) is 0.136. The number of aromatic nitrogens is 4. The Kier molecular flexibility index (Phi) is 5.40. The van der Waals surface area contributed by atoms with Crippen molar-refractivity contribution in [1.82, 2.24) is 25.5 Å². The summed E-state index contributed by atoms with van der Waals surface area (Å²) in [6.07, 6.45) is 5.39. The molecule has 0 unspecified atom stereocenters. The SMILES string of the molecule is CNCCOc1ccc(-c2cc(-c3[nH]ncc3-c3ccccn3)ccn2)cc1. The van der Waals surface area contributed by atoms with Crippen LogP contribution in [0.15, 0.2) is 73.2 Å². The molecule has 0 radical (unpaired) electrons. The molecule has 6 heteroatoms. The van der Waals surface area contributed by atoms with Crippen molar-refractivity contribution in [2.45, 2.75) is 0 Å². The van der Waals surface area contributed by atoms with Crippen LogP contribution in [-0.2, 0) is 0 Å². The minimum Gasteiger partial charge on any atom is -0.492 e. The molecule has 140 valence electrons. The summed E-state index contributed by atoms with van der Waals surface area (Å²) in [5.74, 6) is 0.848. The first-order valence-electron chi connectivity index (χ1n) is 9.14. The number of aromatic amines is 1. The maximum atomic E-state index is 5.68. The summed E-state index contributed by atoms with van der Waals surface area (Å²) < 4.78 is 5.68. The summed E-state index contributed by atoms with van der Waals surface area (Å²) in [5.41, 5.74) is 5.70. The van der Waals surface area contributed by atoms with Crippen molar-refractivity contribution in [2.24, 2.45) is 0 Å². The van der Waals surface area contributed by atoms with E-state index in [0.717, 1.165) is 46.1 Å². The number of benzene rings is 1. The molecule has 28 heavy (non-hydrogen) atoms. The molecule has 3 heterocycles. The summed E-state index contributed by atoms with van der Waals surface area (Å²) >= 11 is 0. The van der Waals surface area contributed by atoms with Gasteiger partial charge >= 0.3 is 0 Å². The monoisotopic (exact) mass is 371 g/mol. The van der Waals surface area contributed by atoms with Crippen LogP contribution in [0.4, 0.5) is 0 Å². The van der Waals surface area contributed by atoms with Crippen molar-refractivity contribution in [1.29, 1.82) is 0 Å². The van der Waals surface area contributed by atoms with E-state index in [9.17, 15) is 0 Å². The number of H-pyrrole nitrogens is 1. The highest BCUT2D eigenvalue weighted by Gasteiger charge is 2.12. The van der Waals surface area contributed by atoms with Crippen LogP contribution in [0.1, 0.15) is 0 Å². The van der Waals surface area contributed by atoms with Gasteiger partial charge in [-0.15, -0.1) is 0 Å². The minimum absolute atomic E-state index is 0.639. The molecule has 0 atom stereocenters. The number of nitrogens with zero attached hydrogens (tertiary/aromatic N) is 3. The zero-order valence-corrected chi connectivity index (χ0v) is 15.6. The lowest BCUT2D eigenvalue weighted by molar-refractivity contribution is 0.318. The Morgan fingerprint density at radius 1 is 0.929 bits per heavy atom. The van der Waals surface area contributed by atoms with Crippen LogP contribution < -0.4 is 10.1 Å². The average molecular weight is 371 g/mol. The van der Waals surface area contributed by atoms with Crippen molar-refractivity contribution in [3.8, 4) is 39.5 Å². The molecule has 0 amide bonds. The van der Waals surface area contributed by atoms with E-state index in [-0.39, 0.29) is 0 Å². The maximum Gasteiger partial charge on any atom is 0.119 e. The second-order valence-corrected chi connectivity index (χ2v) is 6.28. The van der Waals surface area contributed by atoms with Gasteiger partial charge in [0.25, 0.3) is 0 Å². The number of nitrogens with one attached hydrogen (secondary N) is 2. The zero-order valence-electron chi connectivity index (χ0n) is 15.6. The van der Waals surface area contributed by atoms with Gasteiger partial charge in [-0.2, -0.15) is 5.10 Å². The predicted molar refractivity (Wildman–Crippen MR) is 110 cm³/mol. The molecule has 2 N–H and O–H groups in total. The van der Waals surface area contributed by atoms with Gasteiger partial charge in [0.1, 0.15) is 12.4 Å². The average Bonchev–Trinajstić information content (AvgIpc) is 3.25. The Morgan fingerprint density at radius 2 is 1.79 bits per heavy atom. The van der Waals surface area contributed by atoms with E-state index in [4.69, 9.17) is 4.74 Å². The smallest absolute Gasteiger partial charge is 0.119 e. The van der Waals surface area contributed by atoms with Gasteiger partial charge in [-0.05, 0) is 55.6 Å². The molecule has 0 aliphatic carbocycles. The highest BCUT2D eigenvalue weighted by Crippen LogP contribution is 2.31. The summed E-state index contributed by atoms with van der Waals surface area (Å²) in [6.45, 7) is 1.45. The van der Waals surface area contributed by atoms with Gasteiger partial charge in [0, 0.05) is 35.6 Å². The molecule has 4 aromatic rings. The molecule has 0 aliphatic rings. The molecule has 3 aromatic heterocycles. The number of likely N-dealkylation sites (N-methyl/N-ethyl adjacent to an activating group) is 1. The number of hydrogen-bond donors (Lipinski definition) is 2. The standard InChI is InChI=1S/C22H21N5O/c1-23-12-13-28-18-7-5-16(6-8-18)21-14-17(9-11-25-21)22-19(15-26-27-22)20-4-2-3-10-24-20/h2-11,14-15,23H,12-13H2,1H3,(H,26,27). The van der Waals surface area contributed by atoms with Gasteiger partial charge in [0.2, 0.25) is 0 Å².